The van der Waals surface area contributed by atoms with E-state index in [0.717, 1.165) is 13.0 Å². The quantitative estimate of drug-likeness (QED) is 0.877. The highest BCUT2D eigenvalue weighted by Crippen LogP contribution is 2.09. The largest absolute Gasteiger partial charge is 0.450 e. The molecule has 1 saturated heterocycles. The number of hydrogen-bond acceptors (Lipinski definition) is 6. The first-order chi connectivity index (χ1) is 11.2. The van der Waals surface area contributed by atoms with Gasteiger partial charge in [0, 0.05) is 32.7 Å². The van der Waals surface area contributed by atoms with Gasteiger partial charge in [-0.3, -0.25) is 4.79 Å². The summed E-state index contributed by atoms with van der Waals surface area (Å²) in [5.74, 6) is 0.499. The monoisotopic (exact) mass is 321 g/mol. The Hall–Kier alpha value is -2.38. The number of nitrogens with one attached hydrogen (secondary N) is 1. The minimum atomic E-state index is -0.328. The molecule has 2 rings (SSSR count). The molecule has 1 aliphatic rings. The molecule has 2 amide bonds. The summed E-state index contributed by atoms with van der Waals surface area (Å²) in [6.45, 7) is 6.88. The molecule has 8 nitrogen and oxygen atoms in total. The fourth-order valence-corrected chi connectivity index (χ4v) is 2.25. The van der Waals surface area contributed by atoms with Crippen molar-refractivity contribution in [1.82, 2.24) is 19.8 Å². The Bertz CT molecular complexity index is 526. The summed E-state index contributed by atoms with van der Waals surface area (Å²) in [4.78, 5) is 35.7. The molecule has 0 saturated carbocycles. The standard InChI is InChI=1S/C15H23N5O3/c1-3-5-16-13-11-17-12(10-18-13)14(21)19-6-8-20(9-7-19)15(22)23-4-2/h10-11H,3-9H2,1-2H3,(H,16,18). The maximum Gasteiger partial charge on any atom is 0.409 e. The van der Waals surface area contributed by atoms with E-state index in [0.29, 0.717) is 44.3 Å². The summed E-state index contributed by atoms with van der Waals surface area (Å²) in [7, 11) is 0. The number of carbonyl (C=O) groups excluding carboxylic acids is 2. The molecule has 0 unspecified atom stereocenters. The molecule has 1 aromatic heterocycles. The van der Waals surface area contributed by atoms with Crippen LogP contribution in [0.1, 0.15) is 30.8 Å². The van der Waals surface area contributed by atoms with Gasteiger partial charge in [0.25, 0.3) is 5.91 Å². The highest BCUT2D eigenvalue weighted by molar-refractivity contribution is 5.92. The van der Waals surface area contributed by atoms with E-state index in [4.69, 9.17) is 4.74 Å². The average Bonchev–Trinajstić information content (AvgIpc) is 2.60. The van der Waals surface area contributed by atoms with Crippen molar-refractivity contribution in [3.8, 4) is 0 Å². The third-order valence-corrected chi connectivity index (χ3v) is 3.52. The lowest BCUT2D eigenvalue weighted by Crippen LogP contribution is -2.50. The van der Waals surface area contributed by atoms with Crippen LogP contribution in [0.25, 0.3) is 0 Å². The maximum absolute atomic E-state index is 12.4. The first-order valence-corrected chi connectivity index (χ1v) is 7.92. The molecule has 126 valence electrons. The zero-order valence-corrected chi connectivity index (χ0v) is 13.6. The number of ether oxygens (including phenoxy) is 1. The predicted molar refractivity (Wildman–Crippen MR) is 85.3 cm³/mol. The number of anilines is 1. The Morgan fingerprint density at radius 2 is 1.83 bits per heavy atom. The van der Waals surface area contributed by atoms with Crippen molar-refractivity contribution in [3.63, 3.8) is 0 Å². The summed E-state index contributed by atoms with van der Waals surface area (Å²) >= 11 is 0. The minimum absolute atomic E-state index is 0.164. The van der Waals surface area contributed by atoms with Crippen molar-refractivity contribution in [3.05, 3.63) is 18.1 Å². The molecule has 0 spiro atoms. The molecule has 0 bridgehead atoms. The van der Waals surface area contributed by atoms with Gasteiger partial charge in [-0.2, -0.15) is 0 Å². The van der Waals surface area contributed by atoms with Crippen LogP contribution in [0.15, 0.2) is 12.4 Å². The normalized spacial score (nSPS) is 14.5. The second-order valence-electron chi connectivity index (χ2n) is 5.19. The first kappa shape index (κ1) is 17.0. The zero-order valence-electron chi connectivity index (χ0n) is 13.6. The van der Waals surface area contributed by atoms with Crippen LogP contribution in [0.3, 0.4) is 0 Å². The number of carbonyl (C=O) groups is 2. The van der Waals surface area contributed by atoms with Gasteiger partial charge in [0.15, 0.2) is 0 Å². The molecule has 0 aromatic carbocycles. The smallest absolute Gasteiger partial charge is 0.409 e. The van der Waals surface area contributed by atoms with Gasteiger partial charge in [-0.05, 0) is 13.3 Å². The summed E-state index contributed by atoms with van der Waals surface area (Å²) < 4.78 is 4.96. The van der Waals surface area contributed by atoms with Gasteiger partial charge in [0.1, 0.15) is 11.5 Å². The fraction of sp³-hybridized carbons (Fsp3) is 0.600. The summed E-state index contributed by atoms with van der Waals surface area (Å²) in [6, 6.07) is 0. The van der Waals surface area contributed by atoms with Crippen LogP contribution < -0.4 is 5.32 Å². The second-order valence-corrected chi connectivity index (χ2v) is 5.19. The first-order valence-electron chi connectivity index (χ1n) is 7.92. The molecule has 0 atom stereocenters. The molecular formula is C15H23N5O3. The Labute approximate surface area is 135 Å². The van der Waals surface area contributed by atoms with Crippen LogP contribution in [-0.4, -0.2) is 71.1 Å². The van der Waals surface area contributed by atoms with Gasteiger partial charge < -0.3 is 19.9 Å². The summed E-state index contributed by atoms with van der Waals surface area (Å²) in [5, 5.41) is 3.11. The van der Waals surface area contributed by atoms with Gasteiger partial charge in [-0.1, -0.05) is 6.92 Å². The third-order valence-electron chi connectivity index (χ3n) is 3.52. The van der Waals surface area contributed by atoms with Crippen molar-refractivity contribution >= 4 is 17.8 Å². The molecule has 23 heavy (non-hydrogen) atoms. The van der Waals surface area contributed by atoms with Crippen LogP contribution in [0, 0.1) is 0 Å². The van der Waals surface area contributed by atoms with E-state index < -0.39 is 0 Å². The fourth-order valence-electron chi connectivity index (χ4n) is 2.25. The molecule has 0 aliphatic carbocycles. The SMILES string of the molecule is CCCNc1cnc(C(=O)N2CCN(C(=O)OCC)CC2)cn1. The molecule has 1 aromatic rings. The van der Waals surface area contributed by atoms with Gasteiger partial charge in [0.05, 0.1) is 19.0 Å². The van der Waals surface area contributed by atoms with Crippen LogP contribution in [0.2, 0.25) is 0 Å². The molecule has 1 aliphatic heterocycles. The lowest BCUT2D eigenvalue weighted by Gasteiger charge is -2.33. The van der Waals surface area contributed by atoms with E-state index in [9.17, 15) is 9.59 Å². The Morgan fingerprint density at radius 3 is 2.39 bits per heavy atom. The Kier molecular flexibility index (Phi) is 6.13. The molecule has 0 radical (unpaired) electrons. The number of rotatable bonds is 5. The van der Waals surface area contributed by atoms with Crippen molar-refractivity contribution in [2.45, 2.75) is 20.3 Å². The lowest BCUT2D eigenvalue weighted by molar-refractivity contribution is 0.0565. The van der Waals surface area contributed by atoms with E-state index in [1.54, 1.807) is 22.9 Å². The predicted octanol–water partition coefficient (Wildman–Crippen LogP) is 1.21. The Morgan fingerprint density at radius 1 is 1.13 bits per heavy atom. The third kappa shape index (κ3) is 4.54. The number of aromatic nitrogens is 2. The number of nitrogens with zero attached hydrogens (tertiary/aromatic N) is 4. The Balaban J connectivity index is 1.88. The molecule has 1 N–H and O–H groups in total. The van der Waals surface area contributed by atoms with E-state index in [1.165, 1.54) is 6.20 Å². The average molecular weight is 321 g/mol. The van der Waals surface area contributed by atoms with Crippen LogP contribution in [0.5, 0.6) is 0 Å². The van der Waals surface area contributed by atoms with Crippen molar-refractivity contribution in [2.75, 3.05) is 44.6 Å². The van der Waals surface area contributed by atoms with Crippen molar-refractivity contribution < 1.29 is 14.3 Å². The van der Waals surface area contributed by atoms with Crippen molar-refractivity contribution in [2.24, 2.45) is 0 Å². The number of piperazine rings is 1. The number of hydrogen-bond donors (Lipinski definition) is 1. The van der Waals surface area contributed by atoms with Gasteiger partial charge >= 0.3 is 6.09 Å². The van der Waals surface area contributed by atoms with Gasteiger partial charge in [-0.15, -0.1) is 0 Å². The van der Waals surface area contributed by atoms with Gasteiger partial charge in [0.2, 0.25) is 0 Å². The van der Waals surface area contributed by atoms with Crippen LogP contribution in [-0.2, 0) is 4.74 Å². The van der Waals surface area contributed by atoms with E-state index >= 15 is 0 Å². The second kappa shape index (κ2) is 8.30. The highest BCUT2D eigenvalue weighted by Gasteiger charge is 2.26. The summed E-state index contributed by atoms with van der Waals surface area (Å²) in [5.41, 5.74) is 0.316. The van der Waals surface area contributed by atoms with E-state index in [-0.39, 0.29) is 12.0 Å². The lowest BCUT2D eigenvalue weighted by atomic mass is 10.3. The topological polar surface area (TPSA) is 87.7 Å². The van der Waals surface area contributed by atoms with Crippen molar-refractivity contribution in [1.29, 1.82) is 0 Å². The number of amides is 2. The summed E-state index contributed by atoms with van der Waals surface area (Å²) in [6.07, 6.45) is 3.72. The van der Waals surface area contributed by atoms with Crippen LogP contribution in [0.4, 0.5) is 10.6 Å². The maximum atomic E-state index is 12.4. The van der Waals surface area contributed by atoms with Gasteiger partial charge in [-0.25, -0.2) is 14.8 Å². The van der Waals surface area contributed by atoms with E-state index in [1.807, 2.05) is 0 Å². The van der Waals surface area contributed by atoms with E-state index in [2.05, 4.69) is 22.2 Å². The zero-order chi connectivity index (χ0) is 16.7. The molecule has 1 fully saturated rings. The highest BCUT2D eigenvalue weighted by atomic mass is 16.6. The molecule has 2 heterocycles. The van der Waals surface area contributed by atoms with Crippen LogP contribution >= 0.6 is 0 Å². The molecular weight excluding hydrogens is 298 g/mol. The molecule has 8 heteroatoms. The minimum Gasteiger partial charge on any atom is -0.450 e.